The van der Waals surface area contributed by atoms with E-state index in [1.165, 1.54) is 5.69 Å². The molecule has 4 nitrogen and oxygen atoms in total. The van der Waals surface area contributed by atoms with Gasteiger partial charge in [-0.25, -0.2) is 4.98 Å². The standard InChI is InChI=1S/C13H13N3OS2/c1-9-8-19-13-15-10(7-16(9)13)6-14-12(17)5-11-3-2-4-18-11/h2-4,7-8H,5-6H2,1H3,(H,14,17). The maximum Gasteiger partial charge on any atom is 0.225 e. The highest BCUT2D eigenvalue weighted by Crippen LogP contribution is 2.15. The van der Waals surface area contributed by atoms with E-state index in [1.54, 1.807) is 22.7 Å². The van der Waals surface area contributed by atoms with Gasteiger partial charge in [0.25, 0.3) is 0 Å². The van der Waals surface area contributed by atoms with Gasteiger partial charge in [-0.05, 0) is 18.4 Å². The third-order valence-corrected chi connectivity index (χ3v) is 4.65. The lowest BCUT2D eigenvalue weighted by molar-refractivity contribution is -0.120. The fourth-order valence-corrected chi connectivity index (χ4v) is 3.42. The number of hydrogen-bond acceptors (Lipinski definition) is 4. The molecule has 0 saturated heterocycles. The number of carbonyl (C=O) groups is 1. The summed E-state index contributed by atoms with van der Waals surface area (Å²) in [7, 11) is 0. The molecule has 19 heavy (non-hydrogen) atoms. The predicted octanol–water partition coefficient (Wildman–Crippen LogP) is 2.62. The van der Waals surface area contributed by atoms with E-state index in [9.17, 15) is 4.79 Å². The number of aromatic nitrogens is 2. The number of aryl methyl sites for hydroxylation is 1. The summed E-state index contributed by atoms with van der Waals surface area (Å²) in [6.07, 6.45) is 2.42. The van der Waals surface area contributed by atoms with E-state index in [0.717, 1.165) is 15.5 Å². The van der Waals surface area contributed by atoms with E-state index in [-0.39, 0.29) is 5.91 Å². The Kier molecular flexibility index (Phi) is 3.35. The van der Waals surface area contributed by atoms with E-state index in [2.05, 4.69) is 15.7 Å². The maximum atomic E-state index is 11.8. The van der Waals surface area contributed by atoms with Gasteiger partial charge in [0.05, 0.1) is 18.7 Å². The number of carbonyl (C=O) groups excluding carboxylic acids is 1. The maximum absolute atomic E-state index is 11.8. The quantitative estimate of drug-likeness (QED) is 0.803. The Morgan fingerprint density at radius 2 is 2.37 bits per heavy atom. The van der Waals surface area contributed by atoms with Crippen LogP contribution in [0.5, 0.6) is 0 Å². The summed E-state index contributed by atoms with van der Waals surface area (Å²) >= 11 is 3.21. The van der Waals surface area contributed by atoms with Gasteiger partial charge in [0.1, 0.15) is 0 Å². The number of fused-ring (bicyclic) bond motifs is 1. The van der Waals surface area contributed by atoms with Gasteiger partial charge in [0, 0.05) is 22.1 Å². The zero-order valence-electron chi connectivity index (χ0n) is 10.4. The molecule has 0 aliphatic heterocycles. The molecule has 6 heteroatoms. The molecule has 0 aliphatic rings. The third kappa shape index (κ3) is 2.69. The summed E-state index contributed by atoms with van der Waals surface area (Å²) in [5.74, 6) is 0.0375. The van der Waals surface area contributed by atoms with Crippen LogP contribution < -0.4 is 5.32 Å². The van der Waals surface area contributed by atoms with Crippen molar-refractivity contribution < 1.29 is 4.79 Å². The molecular formula is C13H13N3OS2. The van der Waals surface area contributed by atoms with Gasteiger partial charge < -0.3 is 5.32 Å². The van der Waals surface area contributed by atoms with Crippen molar-refractivity contribution in [3.05, 3.63) is 45.4 Å². The zero-order chi connectivity index (χ0) is 13.2. The Morgan fingerprint density at radius 1 is 1.47 bits per heavy atom. The smallest absolute Gasteiger partial charge is 0.225 e. The van der Waals surface area contributed by atoms with Crippen LogP contribution >= 0.6 is 22.7 Å². The summed E-state index contributed by atoms with van der Waals surface area (Å²) in [6.45, 7) is 2.53. The number of thiophene rings is 1. The number of thiazole rings is 1. The molecule has 0 fully saturated rings. The van der Waals surface area contributed by atoms with Crippen molar-refractivity contribution in [3.8, 4) is 0 Å². The Morgan fingerprint density at radius 3 is 3.11 bits per heavy atom. The average molecular weight is 291 g/mol. The normalized spacial score (nSPS) is 11.0. The predicted molar refractivity (Wildman–Crippen MR) is 77.7 cm³/mol. The first-order valence-corrected chi connectivity index (χ1v) is 7.69. The highest BCUT2D eigenvalue weighted by molar-refractivity contribution is 7.15. The molecule has 0 atom stereocenters. The molecule has 98 valence electrons. The summed E-state index contributed by atoms with van der Waals surface area (Å²) in [5, 5.41) is 6.96. The SMILES string of the molecule is Cc1csc2nc(CNC(=O)Cc3cccs3)cn12. The first-order chi connectivity index (χ1) is 9.22. The van der Waals surface area contributed by atoms with E-state index in [0.29, 0.717) is 13.0 Å². The number of nitrogens with zero attached hydrogens (tertiary/aromatic N) is 2. The van der Waals surface area contributed by atoms with Crippen molar-refractivity contribution in [3.63, 3.8) is 0 Å². The lowest BCUT2D eigenvalue weighted by atomic mass is 10.3. The Hall–Kier alpha value is -1.66. The summed E-state index contributed by atoms with van der Waals surface area (Å²) in [6, 6.07) is 3.93. The fourth-order valence-electron chi connectivity index (χ4n) is 1.85. The molecule has 0 radical (unpaired) electrons. The minimum atomic E-state index is 0.0375. The fraction of sp³-hybridized carbons (Fsp3) is 0.231. The van der Waals surface area contributed by atoms with Crippen LogP contribution in [0.15, 0.2) is 29.1 Å². The summed E-state index contributed by atoms with van der Waals surface area (Å²) in [5.41, 5.74) is 2.07. The Labute approximate surface area is 118 Å². The van der Waals surface area contributed by atoms with Crippen molar-refractivity contribution in [2.45, 2.75) is 19.9 Å². The molecule has 3 heterocycles. The topological polar surface area (TPSA) is 46.4 Å². The second-order valence-corrected chi connectivity index (χ2v) is 6.16. The lowest BCUT2D eigenvalue weighted by Gasteiger charge is -2.01. The molecule has 3 rings (SSSR count). The van der Waals surface area contributed by atoms with Gasteiger partial charge in [-0.1, -0.05) is 6.07 Å². The van der Waals surface area contributed by atoms with Crippen molar-refractivity contribution in [2.24, 2.45) is 0 Å². The van der Waals surface area contributed by atoms with Crippen LogP contribution in [-0.4, -0.2) is 15.3 Å². The van der Waals surface area contributed by atoms with Crippen molar-refractivity contribution in [1.29, 1.82) is 0 Å². The molecular weight excluding hydrogens is 278 g/mol. The van der Waals surface area contributed by atoms with Gasteiger partial charge in [-0.2, -0.15) is 0 Å². The number of imidazole rings is 1. The van der Waals surface area contributed by atoms with Crippen LogP contribution in [-0.2, 0) is 17.8 Å². The zero-order valence-corrected chi connectivity index (χ0v) is 12.1. The van der Waals surface area contributed by atoms with E-state index >= 15 is 0 Å². The largest absolute Gasteiger partial charge is 0.350 e. The molecule has 3 aromatic heterocycles. The molecule has 0 spiro atoms. The second kappa shape index (κ2) is 5.14. The first-order valence-electron chi connectivity index (χ1n) is 5.93. The molecule has 1 N–H and O–H groups in total. The van der Waals surface area contributed by atoms with E-state index < -0.39 is 0 Å². The van der Waals surface area contributed by atoms with Gasteiger partial charge >= 0.3 is 0 Å². The average Bonchev–Trinajstić information content (AvgIpc) is 3.07. The highest BCUT2D eigenvalue weighted by atomic mass is 32.1. The van der Waals surface area contributed by atoms with Crippen molar-refractivity contribution in [2.75, 3.05) is 0 Å². The number of rotatable bonds is 4. The lowest BCUT2D eigenvalue weighted by Crippen LogP contribution is -2.24. The number of nitrogens with one attached hydrogen (secondary N) is 1. The molecule has 0 unspecified atom stereocenters. The van der Waals surface area contributed by atoms with Crippen LogP contribution in [0.3, 0.4) is 0 Å². The van der Waals surface area contributed by atoms with Crippen LogP contribution in [0.1, 0.15) is 16.3 Å². The second-order valence-electron chi connectivity index (χ2n) is 4.29. The molecule has 0 aliphatic carbocycles. The molecule has 1 amide bonds. The minimum Gasteiger partial charge on any atom is -0.350 e. The third-order valence-electron chi connectivity index (χ3n) is 2.82. The monoisotopic (exact) mass is 291 g/mol. The summed E-state index contributed by atoms with van der Waals surface area (Å²) < 4.78 is 2.05. The van der Waals surface area contributed by atoms with Gasteiger partial charge in [0.2, 0.25) is 5.91 Å². The van der Waals surface area contributed by atoms with Crippen LogP contribution in [0, 0.1) is 6.92 Å². The van der Waals surface area contributed by atoms with Crippen molar-refractivity contribution in [1.82, 2.24) is 14.7 Å². The first kappa shape index (κ1) is 12.4. The molecule has 3 aromatic rings. The summed E-state index contributed by atoms with van der Waals surface area (Å²) in [4.78, 5) is 18.3. The van der Waals surface area contributed by atoms with Crippen LogP contribution in [0.4, 0.5) is 0 Å². The molecule has 0 saturated carbocycles. The highest BCUT2D eigenvalue weighted by Gasteiger charge is 2.08. The molecule has 0 aromatic carbocycles. The van der Waals surface area contributed by atoms with Crippen molar-refractivity contribution >= 4 is 33.5 Å². The Bertz CT molecular complexity index is 697. The van der Waals surface area contributed by atoms with Gasteiger partial charge in [0.15, 0.2) is 4.96 Å². The number of hydrogen-bond donors (Lipinski definition) is 1. The van der Waals surface area contributed by atoms with Crippen LogP contribution in [0.2, 0.25) is 0 Å². The minimum absolute atomic E-state index is 0.0375. The van der Waals surface area contributed by atoms with Crippen LogP contribution in [0.25, 0.3) is 4.96 Å². The van der Waals surface area contributed by atoms with Gasteiger partial charge in [-0.3, -0.25) is 9.20 Å². The van der Waals surface area contributed by atoms with Gasteiger partial charge in [-0.15, -0.1) is 22.7 Å². The number of amides is 1. The van der Waals surface area contributed by atoms with E-state index in [4.69, 9.17) is 0 Å². The Balaban J connectivity index is 1.60. The van der Waals surface area contributed by atoms with E-state index in [1.807, 2.05) is 35.0 Å². The molecule has 0 bridgehead atoms.